The summed E-state index contributed by atoms with van der Waals surface area (Å²) in [6, 6.07) is 0. The first-order valence-corrected chi connectivity index (χ1v) is 10.0. The van der Waals surface area contributed by atoms with Gasteiger partial charge in [-0.3, -0.25) is 4.79 Å². The van der Waals surface area contributed by atoms with Gasteiger partial charge in [-0.25, -0.2) is 4.79 Å². The van der Waals surface area contributed by atoms with Crippen molar-refractivity contribution in [2.24, 2.45) is 0 Å². The highest BCUT2D eigenvalue weighted by atomic mass is 16.6. The zero-order chi connectivity index (χ0) is 20.9. The van der Waals surface area contributed by atoms with Crippen molar-refractivity contribution in [3.05, 3.63) is 11.7 Å². The van der Waals surface area contributed by atoms with Gasteiger partial charge >= 0.3 is 6.09 Å². The molecule has 0 bridgehead atoms. The molecule has 28 heavy (non-hydrogen) atoms. The Morgan fingerprint density at radius 3 is 2.29 bits per heavy atom. The van der Waals surface area contributed by atoms with Gasteiger partial charge in [0.25, 0.3) is 0 Å². The first kappa shape index (κ1) is 22.2. The zero-order valence-corrected chi connectivity index (χ0v) is 18.1. The first-order chi connectivity index (χ1) is 13.0. The van der Waals surface area contributed by atoms with Crippen LogP contribution in [0.5, 0.6) is 0 Å². The van der Waals surface area contributed by atoms with E-state index in [4.69, 9.17) is 9.26 Å². The minimum Gasteiger partial charge on any atom is -0.444 e. The van der Waals surface area contributed by atoms with Gasteiger partial charge in [0.2, 0.25) is 11.8 Å². The highest BCUT2D eigenvalue weighted by molar-refractivity contribution is 5.76. The fraction of sp³-hybridized carbons (Fsp3) is 0.800. The van der Waals surface area contributed by atoms with Crippen LogP contribution < -0.4 is 0 Å². The maximum atomic E-state index is 12.5. The van der Waals surface area contributed by atoms with Crippen molar-refractivity contribution >= 4 is 12.0 Å². The molecular formula is C20H34N4O4. The molecule has 1 saturated heterocycles. The van der Waals surface area contributed by atoms with Crippen LogP contribution in [0.1, 0.15) is 72.5 Å². The van der Waals surface area contributed by atoms with Crippen molar-refractivity contribution in [2.45, 2.75) is 78.2 Å². The largest absolute Gasteiger partial charge is 0.444 e. The van der Waals surface area contributed by atoms with Crippen LogP contribution in [-0.2, 0) is 21.4 Å². The van der Waals surface area contributed by atoms with Gasteiger partial charge in [-0.15, -0.1) is 0 Å². The van der Waals surface area contributed by atoms with Gasteiger partial charge in [0.15, 0.2) is 5.82 Å². The van der Waals surface area contributed by atoms with E-state index in [0.29, 0.717) is 57.2 Å². The smallest absolute Gasteiger partial charge is 0.410 e. The fourth-order valence-electron chi connectivity index (χ4n) is 2.89. The van der Waals surface area contributed by atoms with Crippen molar-refractivity contribution in [3.63, 3.8) is 0 Å². The summed E-state index contributed by atoms with van der Waals surface area (Å²) in [5.41, 5.74) is -0.663. The maximum absolute atomic E-state index is 12.5. The number of rotatable bonds is 4. The van der Waals surface area contributed by atoms with E-state index in [-0.39, 0.29) is 17.4 Å². The molecule has 1 aliphatic heterocycles. The Balaban J connectivity index is 1.77. The van der Waals surface area contributed by atoms with Crippen molar-refractivity contribution in [3.8, 4) is 0 Å². The Morgan fingerprint density at radius 2 is 1.68 bits per heavy atom. The normalized spacial score (nSPS) is 16.1. The minimum absolute atomic E-state index is 0.0987. The van der Waals surface area contributed by atoms with Crippen LogP contribution in [0.15, 0.2) is 4.52 Å². The number of aryl methyl sites for hydroxylation is 1. The van der Waals surface area contributed by atoms with E-state index in [0.717, 1.165) is 6.42 Å². The van der Waals surface area contributed by atoms with Crippen LogP contribution in [0.25, 0.3) is 0 Å². The van der Waals surface area contributed by atoms with Crippen LogP contribution in [0.2, 0.25) is 0 Å². The van der Waals surface area contributed by atoms with Crippen molar-refractivity contribution in [1.82, 2.24) is 19.9 Å². The van der Waals surface area contributed by atoms with E-state index in [1.807, 2.05) is 46.4 Å². The van der Waals surface area contributed by atoms with E-state index >= 15 is 0 Å². The number of aromatic nitrogens is 2. The van der Waals surface area contributed by atoms with Crippen molar-refractivity contribution in [1.29, 1.82) is 0 Å². The molecule has 0 spiro atoms. The predicted molar refractivity (Wildman–Crippen MR) is 105 cm³/mol. The van der Waals surface area contributed by atoms with Crippen LogP contribution in [0, 0.1) is 0 Å². The molecule has 1 aliphatic rings. The monoisotopic (exact) mass is 394 g/mol. The minimum atomic E-state index is -0.513. The molecule has 0 N–H and O–H groups in total. The van der Waals surface area contributed by atoms with Gasteiger partial charge in [-0.05, 0) is 33.6 Å². The van der Waals surface area contributed by atoms with Gasteiger partial charge in [0.1, 0.15) is 5.60 Å². The van der Waals surface area contributed by atoms with E-state index in [1.54, 1.807) is 4.90 Å². The van der Waals surface area contributed by atoms with E-state index < -0.39 is 5.60 Å². The van der Waals surface area contributed by atoms with Gasteiger partial charge in [-0.2, -0.15) is 4.98 Å². The Morgan fingerprint density at radius 1 is 1.04 bits per heavy atom. The Labute approximate surface area is 167 Å². The second kappa shape index (κ2) is 8.92. The molecule has 0 radical (unpaired) electrons. The van der Waals surface area contributed by atoms with Gasteiger partial charge in [0, 0.05) is 44.4 Å². The second-order valence-electron chi connectivity index (χ2n) is 9.32. The number of hydrogen-bond acceptors (Lipinski definition) is 6. The Hall–Kier alpha value is -2.12. The molecule has 0 aliphatic carbocycles. The molecular weight excluding hydrogens is 360 g/mol. The Kier molecular flexibility index (Phi) is 7.06. The molecule has 0 unspecified atom stereocenters. The lowest BCUT2D eigenvalue weighted by Gasteiger charge is -2.26. The molecule has 8 heteroatoms. The summed E-state index contributed by atoms with van der Waals surface area (Å²) in [6.45, 7) is 14.0. The summed E-state index contributed by atoms with van der Waals surface area (Å²) in [6.07, 6.45) is 2.13. The summed E-state index contributed by atoms with van der Waals surface area (Å²) in [4.78, 5) is 32.7. The molecule has 0 aromatic carbocycles. The average Bonchev–Trinajstić information content (AvgIpc) is 2.89. The number of ether oxygens (including phenoxy) is 1. The average molecular weight is 395 g/mol. The molecule has 1 aromatic rings. The molecule has 1 aromatic heterocycles. The third kappa shape index (κ3) is 6.80. The third-order valence-corrected chi connectivity index (χ3v) is 4.42. The number of carbonyl (C=O) groups is 2. The highest BCUT2D eigenvalue weighted by Gasteiger charge is 2.26. The summed E-state index contributed by atoms with van der Waals surface area (Å²) in [5.74, 6) is 1.36. The van der Waals surface area contributed by atoms with Crippen molar-refractivity contribution in [2.75, 3.05) is 26.2 Å². The zero-order valence-electron chi connectivity index (χ0n) is 18.1. The topological polar surface area (TPSA) is 88.8 Å². The highest BCUT2D eigenvalue weighted by Crippen LogP contribution is 2.19. The molecule has 0 saturated carbocycles. The van der Waals surface area contributed by atoms with Crippen LogP contribution in [-0.4, -0.2) is 63.7 Å². The SMILES string of the molecule is CC(C)(C)OC(=O)N1CCCN(C(=O)CCCc2nc(C(C)(C)C)no2)CC1. The Bertz CT molecular complexity index is 672. The third-order valence-electron chi connectivity index (χ3n) is 4.42. The van der Waals surface area contributed by atoms with E-state index in [9.17, 15) is 9.59 Å². The quantitative estimate of drug-likeness (QED) is 0.779. The molecule has 0 atom stereocenters. The van der Waals surface area contributed by atoms with Gasteiger partial charge < -0.3 is 19.1 Å². The first-order valence-electron chi connectivity index (χ1n) is 10.0. The number of carbonyl (C=O) groups excluding carboxylic acids is 2. The molecule has 2 amide bonds. The molecule has 2 rings (SSSR count). The lowest BCUT2D eigenvalue weighted by atomic mass is 9.96. The number of amides is 2. The van der Waals surface area contributed by atoms with Gasteiger partial charge in [0.05, 0.1) is 0 Å². The van der Waals surface area contributed by atoms with Gasteiger partial charge in [-0.1, -0.05) is 25.9 Å². The van der Waals surface area contributed by atoms with E-state index in [1.165, 1.54) is 0 Å². The summed E-state index contributed by atoms with van der Waals surface area (Å²) < 4.78 is 10.7. The van der Waals surface area contributed by atoms with Crippen LogP contribution in [0.3, 0.4) is 0 Å². The van der Waals surface area contributed by atoms with Crippen molar-refractivity contribution < 1.29 is 18.8 Å². The van der Waals surface area contributed by atoms with Crippen LogP contribution in [0.4, 0.5) is 4.79 Å². The maximum Gasteiger partial charge on any atom is 0.410 e. The molecule has 8 nitrogen and oxygen atoms in total. The molecule has 1 fully saturated rings. The summed E-state index contributed by atoms with van der Waals surface area (Å²) in [7, 11) is 0. The molecule has 2 heterocycles. The summed E-state index contributed by atoms with van der Waals surface area (Å²) in [5, 5.41) is 4.01. The lowest BCUT2D eigenvalue weighted by Crippen LogP contribution is -2.40. The van der Waals surface area contributed by atoms with Crippen LogP contribution >= 0.6 is 0 Å². The standard InChI is InChI=1S/C20H34N4O4/c1-19(2,3)17-21-15(28-22-17)9-7-10-16(25)23-11-8-12-24(14-13-23)18(26)27-20(4,5)6/h7-14H2,1-6H3. The molecule has 158 valence electrons. The predicted octanol–water partition coefficient (Wildman–Crippen LogP) is 3.16. The fourth-order valence-corrected chi connectivity index (χ4v) is 2.89. The number of hydrogen-bond donors (Lipinski definition) is 0. The lowest BCUT2D eigenvalue weighted by molar-refractivity contribution is -0.131. The number of nitrogens with zero attached hydrogens (tertiary/aromatic N) is 4. The second-order valence-corrected chi connectivity index (χ2v) is 9.32. The van der Waals surface area contributed by atoms with E-state index in [2.05, 4.69) is 10.1 Å². The summed E-state index contributed by atoms with van der Waals surface area (Å²) >= 11 is 0.